The molecular formula is C14H19N7S. The van der Waals surface area contributed by atoms with Crippen LogP contribution in [0.2, 0.25) is 0 Å². The highest BCUT2D eigenvalue weighted by Gasteiger charge is 2.11. The van der Waals surface area contributed by atoms with Crippen LogP contribution in [0.1, 0.15) is 24.9 Å². The van der Waals surface area contributed by atoms with E-state index in [1.165, 1.54) is 11.3 Å². The van der Waals surface area contributed by atoms with E-state index in [1.54, 1.807) is 10.9 Å². The molecule has 22 heavy (non-hydrogen) atoms. The number of nitrogens with two attached hydrogens (primary N) is 1. The Balaban J connectivity index is 1.79. The lowest BCUT2D eigenvalue weighted by molar-refractivity contribution is 0.772. The zero-order chi connectivity index (χ0) is 15.5. The van der Waals surface area contributed by atoms with Gasteiger partial charge in [-0.3, -0.25) is 4.68 Å². The molecule has 0 spiro atoms. The first-order valence-corrected chi connectivity index (χ1v) is 8.17. The first kappa shape index (κ1) is 14.7. The summed E-state index contributed by atoms with van der Waals surface area (Å²) < 4.78 is 1.78. The molecule has 3 heterocycles. The van der Waals surface area contributed by atoms with E-state index in [4.69, 9.17) is 5.73 Å². The van der Waals surface area contributed by atoms with Crippen LogP contribution in [0.4, 0.5) is 10.9 Å². The van der Waals surface area contributed by atoms with E-state index in [0.717, 1.165) is 54.2 Å². The summed E-state index contributed by atoms with van der Waals surface area (Å²) in [7, 11) is 1.90. The number of fused-ring (bicyclic) bond motifs is 1. The summed E-state index contributed by atoms with van der Waals surface area (Å²) in [6, 6.07) is 0. The number of nitrogen functional groups attached to an aromatic ring is 1. The molecule has 3 aromatic rings. The fourth-order valence-corrected chi connectivity index (χ4v) is 2.88. The van der Waals surface area contributed by atoms with Crippen molar-refractivity contribution in [3.8, 4) is 0 Å². The molecule has 0 aliphatic heterocycles. The maximum atomic E-state index is 5.65. The van der Waals surface area contributed by atoms with Crippen LogP contribution in [-0.4, -0.2) is 31.3 Å². The van der Waals surface area contributed by atoms with Crippen LogP contribution in [0.5, 0.6) is 0 Å². The standard InChI is InChI=1S/C14H19N7S/c1-3-4-11-19-12(10-7-17-21(2)13(10)20-11)16-6-5-9-8-22-14(15)18-9/h7-8H,3-6H2,1-2H3,(H2,15,18)(H,16,19,20). The van der Waals surface area contributed by atoms with Crippen molar-refractivity contribution in [2.75, 3.05) is 17.6 Å². The van der Waals surface area contributed by atoms with Gasteiger partial charge in [0, 0.05) is 31.8 Å². The minimum atomic E-state index is 0.608. The minimum absolute atomic E-state index is 0.608. The van der Waals surface area contributed by atoms with Gasteiger partial charge < -0.3 is 11.1 Å². The SMILES string of the molecule is CCCc1nc(NCCc2csc(N)n2)c2cnn(C)c2n1. The number of hydrogen-bond acceptors (Lipinski definition) is 7. The van der Waals surface area contributed by atoms with Gasteiger partial charge in [-0.15, -0.1) is 11.3 Å². The third-order valence-corrected chi connectivity index (χ3v) is 4.08. The van der Waals surface area contributed by atoms with E-state index in [-0.39, 0.29) is 0 Å². The summed E-state index contributed by atoms with van der Waals surface area (Å²) in [5.41, 5.74) is 7.51. The van der Waals surface area contributed by atoms with E-state index >= 15 is 0 Å². The maximum Gasteiger partial charge on any atom is 0.180 e. The van der Waals surface area contributed by atoms with Gasteiger partial charge in [0.15, 0.2) is 10.8 Å². The fourth-order valence-electron chi connectivity index (χ4n) is 2.28. The zero-order valence-electron chi connectivity index (χ0n) is 12.7. The van der Waals surface area contributed by atoms with Crippen molar-refractivity contribution in [2.24, 2.45) is 7.05 Å². The number of nitrogens with zero attached hydrogens (tertiary/aromatic N) is 5. The lowest BCUT2D eigenvalue weighted by atomic mass is 10.3. The summed E-state index contributed by atoms with van der Waals surface area (Å²) in [4.78, 5) is 13.5. The smallest absolute Gasteiger partial charge is 0.180 e. The maximum absolute atomic E-state index is 5.65. The molecule has 0 saturated carbocycles. The third-order valence-electron chi connectivity index (χ3n) is 3.36. The molecule has 0 amide bonds. The van der Waals surface area contributed by atoms with Crippen molar-refractivity contribution < 1.29 is 0 Å². The molecule has 0 unspecified atom stereocenters. The summed E-state index contributed by atoms with van der Waals surface area (Å²) in [6.45, 7) is 2.87. The molecule has 3 rings (SSSR count). The van der Waals surface area contributed by atoms with Crippen molar-refractivity contribution in [3.63, 3.8) is 0 Å². The molecule has 0 aromatic carbocycles. The second kappa shape index (κ2) is 6.27. The van der Waals surface area contributed by atoms with Crippen LogP contribution in [0.3, 0.4) is 0 Å². The highest BCUT2D eigenvalue weighted by molar-refractivity contribution is 7.13. The normalized spacial score (nSPS) is 11.2. The molecule has 0 radical (unpaired) electrons. The summed E-state index contributed by atoms with van der Waals surface area (Å²) in [5.74, 6) is 1.68. The molecule has 0 aliphatic carbocycles. The molecule has 7 nitrogen and oxygen atoms in total. The van der Waals surface area contributed by atoms with E-state index < -0.39 is 0 Å². The minimum Gasteiger partial charge on any atom is -0.375 e. The quantitative estimate of drug-likeness (QED) is 0.722. The average Bonchev–Trinajstić information content (AvgIpc) is 3.07. The Morgan fingerprint density at radius 3 is 2.86 bits per heavy atom. The Hall–Kier alpha value is -2.22. The van der Waals surface area contributed by atoms with Crippen LogP contribution < -0.4 is 11.1 Å². The van der Waals surface area contributed by atoms with E-state index in [9.17, 15) is 0 Å². The van der Waals surface area contributed by atoms with E-state index in [2.05, 4.69) is 32.3 Å². The third kappa shape index (κ3) is 3.01. The topological polar surface area (TPSA) is 94.5 Å². The van der Waals surface area contributed by atoms with Gasteiger partial charge in [0.25, 0.3) is 0 Å². The van der Waals surface area contributed by atoms with Crippen LogP contribution in [-0.2, 0) is 19.9 Å². The van der Waals surface area contributed by atoms with Crippen LogP contribution >= 0.6 is 11.3 Å². The van der Waals surface area contributed by atoms with Crippen molar-refractivity contribution >= 4 is 33.3 Å². The van der Waals surface area contributed by atoms with Crippen LogP contribution in [0.15, 0.2) is 11.6 Å². The molecule has 0 bridgehead atoms. The van der Waals surface area contributed by atoms with Crippen molar-refractivity contribution in [1.29, 1.82) is 0 Å². The zero-order valence-corrected chi connectivity index (χ0v) is 13.5. The largest absolute Gasteiger partial charge is 0.375 e. The monoisotopic (exact) mass is 317 g/mol. The van der Waals surface area contributed by atoms with Gasteiger partial charge in [0.1, 0.15) is 11.6 Å². The Morgan fingerprint density at radius 1 is 1.27 bits per heavy atom. The first-order valence-electron chi connectivity index (χ1n) is 7.29. The lowest BCUT2D eigenvalue weighted by Gasteiger charge is -2.08. The molecule has 0 fully saturated rings. The number of anilines is 2. The van der Waals surface area contributed by atoms with Gasteiger partial charge in [-0.25, -0.2) is 15.0 Å². The van der Waals surface area contributed by atoms with Crippen molar-refractivity contribution in [1.82, 2.24) is 24.7 Å². The number of aryl methyl sites for hydroxylation is 2. The summed E-state index contributed by atoms with van der Waals surface area (Å²) in [6.07, 6.45) is 4.48. The van der Waals surface area contributed by atoms with Crippen molar-refractivity contribution in [3.05, 3.63) is 23.1 Å². The molecule has 0 saturated heterocycles. The average molecular weight is 317 g/mol. The predicted molar refractivity (Wildman–Crippen MR) is 89.0 cm³/mol. The first-order chi connectivity index (χ1) is 10.7. The van der Waals surface area contributed by atoms with Gasteiger partial charge in [-0.05, 0) is 6.42 Å². The van der Waals surface area contributed by atoms with Gasteiger partial charge >= 0.3 is 0 Å². The highest BCUT2D eigenvalue weighted by Crippen LogP contribution is 2.20. The lowest BCUT2D eigenvalue weighted by Crippen LogP contribution is -2.09. The molecule has 116 valence electrons. The van der Waals surface area contributed by atoms with Crippen LogP contribution in [0.25, 0.3) is 11.0 Å². The van der Waals surface area contributed by atoms with Crippen molar-refractivity contribution in [2.45, 2.75) is 26.2 Å². The van der Waals surface area contributed by atoms with Gasteiger partial charge in [0.05, 0.1) is 17.3 Å². The van der Waals surface area contributed by atoms with E-state index in [0.29, 0.717) is 5.13 Å². The summed E-state index contributed by atoms with van der Waals surface area (Å²) in [5, 5.41) is 11.2. The molecule has 3 aromatic heterocycles. The predicted octanol–water partition coefficient (Wildman–Crippen LogP) is 2.01. The molecule has 0 atom stereocenters. The number of nitrogens with one attached hydrogen (secondary N) is 1. The van der Waals surface area contributed by atoms with Gasteiger partial charge in [0.2, 0.25) is 0 Å². The Bertz CT molecular complexity index is 777. The molecule has 8 heteroatoms. The fraction of sp³-hybridized carbons (Fsp3) is 0.429. The molecule has 3 N–H and O–H groups in total. The summed E-state index contributed by atoms with van der Waals surface area (Å²) >= 11 is 1.47. The highest BCUT2D eigenvalue weighted by atomic mass is 32.1. The second-order valence-electron chi connectivity index (χ2n) is 5.10. The Kier molecular flexibility index (Phi) is 4.19. The molecule has 0 aliphatic rings. The molecular weight excluding hydrogens is 298 g/mol. The number of thiazole rings is 1. The number of aromatic nitrogens is 5. The number of hydrogen-bond donors (Lipinski definition) is 2. The van der Waals surface area contributed by atoms with Gasteiger partial charge in [-0.2, -0.15) is 5.10 Å². The van der Waals surface area contributed by atoms with Gasteiger partial charge in [-0.1, -0.05) is 6.92 Å². The van der Waals surface area contributed by atoms with Crippen LogP contribution in [0, 0.1) is 0 Å². The van der Waals surface area contributed by atoms with E-state index in [1.807, 2.05) is 12.4 Å². The Morgan fingerprint density at radius 2 is 2.14 bits per heavy atom. The second-order valence-corrected chi connectivity index (χ2v) is 5.99. The number of rotatable bonds is 6. The Labute approximate surface area is 132 Å².